The van der Waals surface area contributed by atoms with Gasteiger partial charge in [0.05, 0.1) is 17.5 Å². The van der Waals surface area contributed by atoms with Crippen molar-refractivity contribution in [3.8, 4) is 0 Å². The maximum atomic E-state index is 14.9. The van der Waals surface area contributed by atoms with E-state index in [-0.39, 0.29) is 0 Å². The number of aryl methyl sites for hydroxylation is 1. The van der Waals surface area contributed by atoms with Gasteiger partial charge in [-0.2, -0.15) is 0 Å². The zero-order valence-corrected chi connectivity index (χ0v) is 28.0. The average Bonchev–Trinajstić information content (AvgIpc) is 3.65. The smallest absolute Gasteiger partial charge is 0.485 e. The van der Waals surface area contributed by atoms with Crippen LogP contribution in [0.3, 0.4) is 0 Å². The maximum Gasteiger partial charge on any atom is 0.509 e. The van der Waals surface area contributed by atoms with Gasteiger partial charge in [0.15, 0.2) is 75.6 Å². The van der Waals surface area contributed by atoms with E-state index >= 15 is 0 Å². The molecule has 3 nitrogen and oxygen atoms in total. The molecule has 280 valence electrons. The van der Waals surface area contributed by atoms with Crippen LogP contribution in [0.1, 0.15) is 40.7 Å². The summed E-state index contributed by atoms with van der Waals surface area (Å²) in [6.07, 6.45) is 3.51. The van der Waals surface area contributed by atoms with Crippen molar-refractivity contribution in [2.45, 2.75) is 44.1 Å². The van der Waals surface area contributed by atoms with Crippen molar-refractivity contribution >= 4 is 18.9 Å². The summed E-state index contributed by atoms with van der Waals surface area (Å²) in [5, 5.41) is -0.745. The number of halogens is 15. The van der Waals surface area contributed by atoms with Gasteiger partial charge in [0.2, 0.25) is 11.6 Å². The van der Waals surface area contributed by atoms with Crippen LogP contribution < -0.4 is 4.43 Å². The van der Waals surface area contributed by atoms with Crippen molar-refractivity contribution < 1.29 is 69.6 Å². The van der Waals surface area contributed by atoms with Crippen molar-refractivity contribution in [3.05, 3.63) is 152 Å². The lowest BCUT2D eigenvalue weighted by atomic mass is 9.80. The molecule has 4 aromatic carbocycles. The second kappa shape index (κ2) is 15.1. The van der Waals surface area contributed by atoms with Crippen LogP contribution in [0.15, 0.2) is 36.9 Å². The average molecular weight is 784 g/mol. The topological polar surface area (TPSA) is 27.1 Å². The Morgan fingerprint density at radius 2 is 1.06 bits per heavy atom. The zero-order chi connectivity index (χ0) is 39.3. The molecule has 0 spiro atoms. The number of rotatable bonds is 5. The Kier molecular flexibility index (Phi) is 11.3. The fourth-order valence-corrected chi connectivity index (χ4v) is 8.73. The summed E-state index contributed by atoms with van der Waals surface area (Å²) in [5.41, 5.74) is -4.43. The number of aromatic nitrogens is 2. The SMILES string of the molecule is Cc1cccc(Cn2ccnc2)c1C.Fc1c(F)c(F)[c]([Al]2[CH2]CCC(c3c(F)c(F)c(F)c(F)c3F)(c3c(F)c(F)c(F)c(F)c3F)[O]2)c(F)c1F. The predicted octanol–water partition coefficient (Wildman–Crippen LogP) is 9.27. The lowest BCUT2D eigenvalue weighted by molar-refractivity contribution is 0.0629. The molecule has 0 bridgehead atoms. The molecule has 2 heterocycles. The molecular weight excluding hydrogens is 764 g/mol. The van der Waals surface area contributed by atoms with Crippen LogP contribution in [0.2, 0.25) is 5.28 Å². The predicted molar refractivity (Wildman–Crippen MR) is 157 cm³/mol. The van der Waals surface area contributed by atoms with Crippen LogP contribution in [0, 0.1) is 101 Å². The molecule has 6 rings (SSSR count). The molecule has 0 aliphatic carbocycles. The van der Waals surface area contributed by atoms with Gasteiger partial charge in [0, 0.05) is 18.9 Å². The van der Waals surface area contributed by atoms with Gasteiger partial charge in [0.25, 0.3) is 0 Å². The molecule has 0 N–H and O–H groups in total. The summed E-state index contributed by atoms with van der Waals surface area (Å²) < 4.78 is 219. The third-order valence-corrected chi connectivity index (χ3v) is 11.5. The molecule has 0 amide bonds. The van der Waals surface area contributed by atoms with Gasteiger partial charge >= 0.3 is 14.5 Å². The lowest BCUT2D eigenvalue weighted by Gasteiger charge is -2.42. The van der Waals surface area contributed by atoms with E-state index in [4.69, 9.17) is 3.79 Å². The second-order valence-corrected chi connectivity index (χ2v) is 14.2. The van der Waals surface area contributed by atoms with Crippen molar-refractivity contribution in [2.75, 3.05) is 0 Å². The van der Waals surface area contributed by atoms with E-state index in [1.54, 1.807) is 0 Å². The Bertz CT molecular complexity index is 2070. The Labute approximate surface area is 294 Å². The normalized spacial score (nSPS) is 14.0. The fourth-order valence-electron chi connectivity index (χ4n) is 5.98. The van der Waals surface area contributed by atoms with Gasteiger partial charge in [-0.15, -0.1) is 0 Å². The number of benzene rings is 4. The van der Waals surface area contributed by atoms with Crippen LogP contribution in [-0.4, -0.2) is 24.0 Å². The standard InChI is InChI=1S/C16H6F10O.C12H14N2.C6F5.Al/c1-2-3-16(27,4-6(17)10(21)14(25)11(22)7(4)18)5-8(19)12(23)15(26)13(24)9(5)20;1-10-4-3-5-12(11(10)2)8-14-7-6-13-9-14;7-2-1-3(8)5(10)6(11)4(2)9;/h1-3H2;3-7,9H,8H2,1-2H3;;/q-1;;;+1. The van der Waals surface area contributed by atoms with Crippen molar-refractivity contribution in [2.24, 2.45) is 0 Å². The van der Waals surface area contributed by atoms with Crippen LogP contribution in [0.25, 0.3) is 0 Å². The monoisotopic (exact) mass is 784 g/mol. The summed E-state index contributed by atoms with van der Waals surface area (Å²) in [4.78, 5) is 4.03. The largest absolute Gasteiger partial charge is 0.509 e. The summed E-state index contributed by atoms with van der Waals surface area (Å²) in [6, 6.07) is 6.42. The molecule has 5 aromatic rings. The molecule has 1 aromatic heterocycles. The van der Waals surface area contributed by atoms with Gasteiger partial charge in [-0.3, -0.25) is 0 Å². The molecule has 1 aliphatic heterocycles. The Hall–Kier alpha value is -4.47. The highest BCUT2D eigenvalue weighted by molar-refractivity contribution is 6.67. The fraction of sp³-hybridized carbons (Fsp3) is 0.206. The van der Waals surface area contributed by atoms with E-state index in [1.807, 2.05) is 18.7 Å². The van der Waals surface area contributed by atoms with E-state index in [0.717, 1.165) is 6.54 Å². The minimum Gasteiger partial charge on any atom is -0.485 e. The summed E-state index contributed by atoms with van der Waals surface area (Å²) in [5.74, 6) is -41.1. The molecule has 1 aliphatic rings. The highest BCUT2D eigenvalue weighted by Gasteiger charge is 2.54. The first-order valence-corrected chi connectivity index (χ1v) is 17.0. The first-order chi connectivity index (χ1) is 24.9. The Balaban J connectivity index is 0.000000322. The van der Waals surface area contributed by atoms with Crippen molar-refractivity contribution in [1.29, 1.82) is 0 Å². The quantitative estimate of drug-likeness (QED) is 0.0770. The van der Waals surface area contributed by atoms with Crippen molar-refractivity contribution in [3.63, 3.8) is 0 Å². The molecule has 1 fully saturated rings. The molecule has 0 saturated carbocycles. The third-order valence-electron chi connectivity index (χ3n) is 8.76. The highest BCUT2D eigenvalue weighted by Crippen LogP contribution is 2.49. The lowest BCUT2D eigenvalue weighted by Crippen LogP contribution is -2.51. The zero-order valence-electron chi connectivity index (χ0n) is 26.8. The third kappa shape index (κ3) is 6.78. The van der Waals surface area contributed by atoms with Gasteiger partial charge in [-0.1, -0.05) is 29.9 Å². The van der Waals surface area contributed by atoms with E-state index in [1.165, 1.54) is 16.7 Å². The molecule has 19 heteroatoms. The van der Waals surface area contributed by atoms with Crippen LogP contribution in [0.4, 0.5) is 65.9 Å². The van der Waals surface area contributed by atoms with Crippen LogP contribution in [0.5, 0.6) is 0 Å². The van der Waals surface area contributed by atoms with E-state index < -0.39 is 141 Å². The number of hydrogen-bond donors (Lipinski definition) is 0. The van der Waals surface area contributed by atoms with Gasteiger partial charge < -0.3 is 8.36 Å². The molecule has 0 unspecified atom stereocenters. The first kappa shape index (κ1) is 39.7. The minimum atomic E-state index is -4.51. The number of hydrogen-bond acceptors (Lipinski definition) is 2. The second-order valence-electron chi connectivity index (χ2n) is 11.8. The molecule has 0 radical (unpaired) electrons. The minimum absolute atomic E-state index is 0.745. The molecule has 53 heavy (non-hydrogen) atoms. The summed E-state index contributed by atoms with van der Waals surface area (Å²) >= 11 is -4.51. The summed E-state index contributed by atoms with van der Waals surface area (Å²) in [7, 11) is 0. The number of imidazole rings is 1. The molecular formula is C34H20AlF15N2O. The molecule has 0 atom stereocenters. The van der Waals surface area contributed by atoms with Crippen LogP contribution >= 0.6 is 0 Å². The maximum absolute atomic E-state index is 14.9. The van der Waals surface area contributed by atoms with Gasteiger partial charge in [0.1, 0.15) is 5.60 Å². The van der Waals surface area contributed by atoms with Crippen LogP contribution in [-0.2, 0) is 15.9 Å². The Morgan fingerprint density at radius 3 is 1.49 bits per heavy atom. The summed E-state index contributed by atoms with van der Waals surface area (Å²) in [6.45, 7) is 5.22. The molecule has 1 saturated heterocycles. The van der Waals surface area contributed by atoms with E-state index in [9.17, 15) is 65.9 Å². The first-order valence-electron chi connectivity index (χ1n) is 15.1. The highest BCUT2D eigenvalue weighted by atomic mass is 27.2. The Morgan fingerprint density at radius 1 is 0.623 bits per heavy atom. The number of nitrogens with zero attached hydrogens (tertiary/aromatic N) is 2. The van der Waals surface area contributed by atoms with Gasteiger partial charge in [-0.25, -0.2) is 70.8 Å². The van der Waals surface area contributed by atoms with Gasteiger partial charge in [-0.05, 0) is 41.4 Å². The van der Waals surface area contributed by atoms with Crippen molar-refractivity contribution in [1.82, 2.24) is 9.55 Å². The van der Waals surface area contributed by atoms with E-state index in [2.05, 4.69) is 41.6 Å². The van der Waals surface area contributed by atoms with E-state index in [0.29, 0.717) is 0 Å².